The summed E-state index contributed by atoms with van der Waals surface area (Å²) in [5, 5.41) is 0. The minimum atomic E-state index is 1.18. The molecule has 0 aromatic heterocycles. The fourth-order valence-electron chi connectivity index (χ4n) is 2.44. The molecular formula is C42H84. The molecule has 0 fully saturated rings. The van der Waals surface area contributed by atoms with Gasteiger partial charge in [-0.2, -0.15) is 0 Å². The molecule has 0 heteroatoms. The molecule has 0 unspecified atom stereocenters. The minimum absolute atomic E-state index is 1.18. The average molecular weight is 589 g/mol. The molecule has 0 spiro atoms. The molecule has 0 aliphatic heterocycles. The maximum Gasteiger partial charge on any atom is -0.0354 e. The highest BCUT2D eigenvalue weighted by Gasteiger charge is 1.74. The Morgan fingerprint density at radius 2 is 0.333 bits per heavy atom. The molecule has 252 valence electrons. The van der Waals surface area contributed by atoms with Gasteiger partial charge in [-0.15, -0.1) is 46.1 Å². The molecule has 0 rings (SSSR count). The second-order valence-corrected chi connectivity index (χ2v) is 10.0. The van der Waals surface area contributed by atoms with Crippen molar-refractivity contribution >= 4 is 0 Å². The Morgan fingerprint density at radius 3 is 0.357 bits per heavy atom. The van der Waals surface area contributed by atoms with Crippen LogP contribution in [0, 0.1) is 0 Å². The molecule has 0 aliphatic carbocycles. The molecule has 0 radical (unpaired) electrons. The summed E-state index contributed by atoms with van der Waals surface area (Å²) < 4.78 is 0. The average Bonchev–Trinajstić information content (AvgIpc) is 3.03. The molecule has 0 aromatic rings. The maximum absolute atomic E-state index is 3.60. The van der Waals surface area contributed by atoms with E-state index in [9.17, 15) is 0 Å². The highest BCUT2D eigenvalue weighted by molar-refractivity contribution is 4.66. The van der Waals surface area contributed by atoms with E-state index in [4.69, 9.17) is 0 Å². The molecule has 0 atom stereocenters. The fraction of sp³-hybridized carbons (Fsp3) is 0.667. The zero-order valence-electron chi connectivity index (χ0n) is 30.8. The highest BCUT2D eigenvalue weighted by Crippen LogP contribution is 1.94. The van der Waals surface area contributed by atoms with Gasteiger partial charge >= 0.3 is 0 Å². The van der Waals surface area contributed by atoms with Crippen molar-refractivity contribution in [1.82, 2.24) is 0 Å². The van der Waals surface area contributed by atoms with E-state index in [1.54, 1.807) is 0 Å². The lowest BCUT2D eigenvalue weighted by molar-refractivity contribution is 0.816. The van der Waals surface area contributed by atoms with Gasteiger partial charge in [0.1, 0.15) is 0 Å². The van der Waals surface area contributed by atoms with Gasteiger partial charge < -0.3 is 0 Å². The van der Waals surface area contributed by atoms with E-state index in [1.165, 1.54) is 135 Å². The third-order valence-electron chi connectivity index (χ3n) is 5.33. The van der Waals surface area contributed by atoms with Crippen LogP contribution in [0.15, 0.2) is 88.6 Å². The summed E-state index contributed by atoms with van der Waals surface area (Å²) in [6.45, 7) is 40.5. The van der Waals surface area contributed by atoms with Crippen molar-refractivity contribution in [3.05, 3.63) is 88.6 Å². The van der Waals surface area contributed by atoms with Crippen molar-refractivity contribution in [1.29, 1.82) is 0 Å². The van der Waals surface area contributed by atoms with Crippen LogP contribution in [0.3, 0.4) is 0 Å². The predicted octanol–water partition coefficient (Wildman–Crippen LogP) is 16.5. The molecule has 0 aromatic carbocycles. The van der Waals surface area contributed by atoms with Crippen LogP contribution < -0.4 is 0 Å². The topological polar surface area (TPSA) is 0 Å². The Kier molecular flexibility index (Phi) is 111. The van der Waals surface area contributed by atoms with E-state index in [1.807, 2.05) is 42.5 Å². The van der Waals surface area contributed by atoms with Crippen LogP contribution in [-0.2, 0) is 0 Å². The van der Waals surface area contributed by atoms with Crippen LogP contribution >= 0.6 is 0 Å². The van der Waals surface area contributed by atoms with Crippen LogP contribution in [0.5, 0.6) is 0 Å². The SMILES string of the molecule is C=CCCCC.C=CCCCC.C=CCCCC.C=CCCCC.C=CCCCC.C=CCCCC.C=CCCCC. The molecule has 0 bridgehead atoms. The van der Waals surface area contributed by atoms with Gasteiger partial charge in [-0.05, 0) is 44.9 Å². The zero-order chi connectivity index (χ0) is 33.8. The molecule has 42 heavy (non-hydrogen) atoms. The van der Waals surface area contributed by atoms with Crippen molar-refractivity contribution in [3.63, 3.8) is 0 Å². The van der Waals surface area contributed by atoms with E-state index in [0.29, 0.717) is 0 Å². The first-order valence-electron chi connectivity index (χ1n) is 17.7. The number of unbranched alkanes of at least 4 members (excludes halogenated alkanes) is 14. The fourth-order valence-corrected chi connectivity index (χ4v) is 2.44. The Morgan fingerprint density at radius 1 is 0.238 bits per heavy atom. The summed E-state index contributed by atoms with van der Waals surface area (Å²) in [5.74, 6) is 0. The second-order valence-electron chi connectivity index (χ2n) is 10.0. The van der Waals surface area contributed by atoms with Crippen molar-refractivity contribution < 1.29 is 0 Å². The lowest BCUT2D eigenvalue weighted by Gasteiger charge is -1.81. The summed E-state index contributed by atoms with van der Waals surface area (Å²) in [6, 6.07) is 0. The van der Waals surface area contributed by atoms with Crippen LogP contribution in [0.1, 0.15) is 183 Å². The predicted molar refractivity (Wildman–Crippen MR) is 208 cm³/mol. The Hall–Kier alpha value is -1.82. The van der Waals surface area contributed by atoms with Crippen molar-refractivity contribution in [3.8, 4) is 0 Å². The summed E-state index contributed by atoms with van der Waals surface area (Å²) in [5.41, 5.74) is 0. The van der Waals surface area contributed by atoms with E-state index in [-0.39, 0.29) is 0 Å². The Balaban J connectivity index is -0.0000000681. The highest BCUT2D eigenvalue weighted by atomic mass is 13.8. The van der Waals surface area contributed by atoms with Gasteiger partial charge in [0.25, 0.3) is 0 Å². The molecular weight excluding hydrogens is 504 g/mol. The smallest absolute Gasteiger partial charge is 0.0354 e. The lowest BCUT2D eigenvalue weighted by Crippen LogP contribution is -1.61. The number of allylic oxidation sites excluding steroid dienone is 7. The van der Waals surface area contributed by atoms with Crippen LogP contribution in [-0.4, -0.2) is 0 Å². The molecule has 0 amide bonds. The van der Waals surface area contributed by atoms with E-state index < -0.39 is 0 Å². The van der Waals surface area contributed by atoms with Crippen LogP contribution in [0.4, 0.5) is 0 Å². The Bertz CT molecular complexity index is 321. The lowest BCUT2D eigenvalue weighted by atomic mass is 10.3. The number of rotatable bonds is 21. The van der Waals surface area contributed by atoms with Gasteiger partial charge in [-0.1, -0.05) is 181 Å². The van der Waals surface area contributed by atoms with Crippen molar-refractivity contribution in [2.45, 2.75) is 183 Å². The standard InChI is InChI=1S/7C6H12/c7*1-3-5-6-4-2/h7*3H,1,4-6H2,2H3. The third-order valence-corrected chi connectivity index (χ3v) is 5.33. The first-order chi connectivity index (χ1) is 20.4. The number of hydrogen-bond acceptors (Lipinski definition) is 0. The van der Waals surface area contributed by atoms with Crippen molar-refractivity contribution in [2.24, 2.45) is 0 Å². The van der Waals surface area contributed by atoms with Gasteiger partial charge in [0.15, 0.2) is 0 Å². The molecule has 0 saturated heterocycles. The molecule has 0 heterocycles. The number of hydrogen-bond donors (Lipinski definition) is 0. The molecule has 0 nitrogen and oxygen atoms in total. The molecule has 0 N–H and O–H groups in total. The van der Waals surface area contributed by atoms with Crippen LogP contribution in [0.2, 0.25) is 0 Å². The second kappa shape index (κ2) is 83.3. The van der Waals surface area contributed by atoms with Gasteiger partial charge in [0, 0.05) is 0 Å². The minimum Gasteiger partial charge on any atom is -0.103 e. The van der Waals surface area contributed by atoms with Crippen LogP contribution in [0.25, 0.3) is 0 Å². The van der Waals surface area contributed by atoms with Gasteiger partial charge in [-0.25, -0.2) is 0 Å². The maximum atomic E-state index is 3.60. The van der Waals surface area contributed by atoms with E-state index in [2.05, 4.69) is 94.5 Å². The van der Waals surface area contributed by atoms with Gasteiger partial charge in [0.2, 0.25) is 0 Å². The quantitative estimate of drug-likeness (QED) is 0.0924. The summed E-state index contributed by atoms with van der Waals surface area (Å²) in [4.78, 5) is 0. The zero-order valence-corrected chi connectivity index (χ0v) is 30.8. The molecule has 0 aliphatic rings. The van der Waals surface area contributed by atoms with E-state index >= 15 is 0 Å². The monoisotopic (exact) mass is 589 g/mol. The third kappa shape index (κ3) is 143. The first kappa shape index (κ1) is 56.0. The van der Waals surface area contributed by atoms with Crippen molar-refractivity contribution in [2.75, 3.05) is 0 Å². The Labute approximate surface area is 271 Å². The van der Waals surface area contributed by atoms with Gasteiger partial charge in [-0.3, -0.25) is 0 Å². The summed E-state index contributed by atoms with van der Waals surface area (Å²) in [6.07, 6.45) is 40.0. The summed E-state index contributed by atoms with van der Waals surface area (Å²) in [7, 11) is 0. The molecule has 0 saturated carbocycles. The van der Waals surface area contributed by atoms with E-state index in [0.717, 1.165) is 0 Å². The normalized spacial score (nSPS) is 8.17. The largest absolute Gasteiger partial charge is 0.103 e. The first-order valence-corrected chi connectivity index (χ1v) is 17.7. The summed E-state index contributed by atoms with van der Waals surface area (Å²) >= 11 is 0. The van der Waals surface area contributed by atoms with Gasteiger partial charge in [0.05, 0.1) is 0 Å².